The number of aryl methyl sites for hydroxylation is 1. The Morgan fingerprint density at radius 1 is 1.10 bits per heavy atom. The Morgan fingerprint density at radius 2 is 1.93 bits per heavy atom. The van der Waals surface area contributed by atoms with E-state index < -0.39 is 11.9 Å². The maximum Gasteiger partial charge on any atom is 0.326 e. The molecule has 0 spiro atoms. The molecule has 0 atom stereocenters. The molecule has 3 N–H and O–H groups in total. The van der Waals surface area contributed by atoms with Crippen molar-refractivity contribution < 1.29 is 23.9 Å². The van der Waals surface area contributed by atoms with Crippen molar-refractivity contribution in [2.24, 2.45) is 0 Å². The van der Waals surface area contributed by atoms with Crippen molar-refractivity contribution >= 4 is 52.5 Å². The number of imide groups is 1. The topological polar surface area (TPSA) is 136 Å². The third kappa shape index (κ3) is 6.90. The van der Waals surface area contributed by atoms with Crippen molar-refractivity contribution in [2.45, 2.75) is 39.5 Å². The zero-order chi connectivity index (χ0) is 28.8. The molecule has 1 aliphatic rings. The summed E-state index contributed by atoms with van der Waals surface area (Å²) in [6.07, 6.45) is 6.12. The molecule has 4 aromatic rings. The maximum absolute atomic E-state index is 12.1. The number of urea groups is 1. The van der Waals surface area contributed by atoms with Gasteiger partial charge in [-0.2, -0.15) is 9.61 Å². The Morgan fingerprint density at radius 3 is 2.63 bits per heavy atom. The van der Waals surface area contributed by atoms with Crippen LogP contribution >= 0.6 is 11.3 Å². The first-order valence-electron chi connectivity index (χ1n) is 13.3. The van der Waals surface area contributed by atoms with Crippen LogP contribution in [0, 0.1) is 6.92 Å². The van der Waals surface area contributed by atoms with Crippen LogP contribution in [-0.2, 0) is 14.3 Å². The van der Waals surface area contributed by atoms with Gasteiger partial charge in [-0.3, -0.25) is 14.9 Å². The summed E-state index contributed by atoms with van der Waals surface area (Å²) in [5.74, 6) is 0.770. The number of fused-ring (bicyclic) bond motifs is 1. The molecule has 11 nitrogen and oxygen atoms in total. The smallest absolute Gasteiger partial charge is 0.326 e. The number of rotatable bonds is 12. The van der Waals surface area contributed by atoms with Crippen LogP contribution in [0.5, 0.6) is 5.75 Å². The van der Waals surface area contributed by atoms with Crippen LogP contribution < -0.4 is 20.7 Å². The minimum atomic E-state index is -0.566. The number of carbonyl (C=O) groups is 3. The summed E-state index contributed by atoms with van der Waals surface area (Å²) in [6.45, 7) is 4.82. The van der Waals surface area contributed by atoms with Crippen molar-refractivity contribution in [3.8, 4) is 16.3 Å². The van der Waals surface area contributed by atoms with Gasteiger partial charge in [0.1, 0.15) is 17.3 Å². The molecule has 1 aliphatic heterocycles. The highest BCUT2D eigenvalue weighted by Gasteiger charge is 2.24. The molecule has 0 unspecified atom stereocenters. The number of unbranched alkanes of at least 4 members (excludes halogenated alkanes) is 2. The van der Waals surface area contributed by atoms with E-state index in [4.69, 9.17) is 14.5 Å². The van der Waals surface area contributed by atoms with Gasteiger partial charge in [-0.1, -0.05) is 0 Å². The molecule has 3 amide bonds. The lowest BCUT2D eigenvalue weighted by molar-refractivity contribution is -0.143. The predicted molar refractivity (Wildman–Crippen MR) is 156 cm³/mol. The summed E-state index contributed by atoms with van der Waals surface area (Å²) < 4.78 is 12.5. The molecule has 1 aromatic carbocycles. The van der Waals surface area contributed by atoms with Crippen LogP contribution in [0.1, 0.15) is 43.0 Å². The number of hydrogen-bond acceptors (Lipinski definition) is 9. The number of ether oxygens (including phenoxy) is 2. The van der Waals surface area contributed by atoms with E-state index in [0.29, 0.717) is 36.7 Å². The van der Waals surface area contributed by atoms with Crippen LogP contribution in [0.4, 0.5) is 16.3 Å². The van der Waals surface area contributed by atoms with Gasteiger partial charge in [0.15, 0.2) is 5.65 Å². The fourth-order valence-electron chi connectivity index (χ4n) is 4.26. The Hall–Kier alpha value is -4.71. The van der Waals surface area contributed by atoms with Crippen molar-refractivity contribution in [3.63, 3.8) is 0 Å². The Balaban J connectivity index is 1.31. The van der Waals surface area contributed by atoms with Gasteiger partial charge in [-0.05, 0) is 75.6 Å². The summed E-state index contributed by atoms with van der Waals surface area (Å²) in [5.41, 5.74) is 2.82. The summed E-state index contributed by atoms with van der Waals surface area (Å²) in [7, 11) is 0. The van der Waals surface area contributed by atoms with E-state index in [1.54, 1.807) is 35.0 Å². The highest BCUT2D eigenvalue weighted by atomic mass is 32.1. The van der Waals surface area contributed by atoms with Gasteiger partial charge in [0, 0.05) is 28.6 Å². The molecule has 0 aliphatic carbocycles. The highest BCUT2D eigenvalue weighted by Crippen LogP contribution is 2.31. The van der Waals surface area contributed by atoms with Gasteiger partial charge in [0.2, 0.25) is 0 Å². The number of anilines is 2. The Labute approximate surface area is 240 Å². The lowest BCUT2D eigenvalue weighted by Crippen LogP contribution is -2.22. The largest absolute Gasteiger partial charge is 0.494 e. The normalized spacial score (nSPS) is 13.9. The van der Waals surface area contributed by atoms with Crippen molar-refractivity contribution in [2.75, 3.05) is 18.5 Å². The number of amides is 3. The summed E-state index contributed by atoms with van der Waals surface area (Å²) in [5, 5.41) is 12.6. The third-order valence-electron chi connectivity index (χ3n) is 6.24. The first-order chi connectivity index (χ1) is 19.9. The molecule has 0 bridgehead atoms. The standard InChI is InChI=1S/C29H30N6O5S/c1-3-39-26(36)7-5-4-6-14-40-21-11-9-20(10-12-21)31-25-16-22(24-13-8-18(2)41-24)32-27-19(17-30-35(25)27)15-23-28(37)34-29(38)33-23/h8-13,15-17,31H,3-7,14H2,1-2H3,(H2,33,34,37,38)/b23-15-. The van der Waals surface area contributed by atoms with E-state index >= 15 is 0 Å². The van der Waals surface area contributed by atoms with Crippen molar-refractivity contribution in [1.82, 2.24) is 25.2 Å². The molecule has 3 aromatic heterocycles. The first-order valence-corrected chi connectivity index (χ1v) is 14.2. The lowest BCUT2D eigenvalue weighted by atomic mass is 10.2. The number of nitrogens with one attached hydrogen (secondary N) is 3. The SMILES string of the molecule is CCOC(=O)CCCCCOc1ccc(Nc2cc(-c3ccc(C)s3)nc3c(/C=C4\NC(=O)NC4=O)cnn23)cc1. The first kappa shape index (κ1) is 27.8. The highest BCUT2D eigenvalue weighted by molar-refractivity contribution is 7.15. The number of benzene rings is 1. The quantitative estimate of drug-likeness (QED) is 0.0910. The van der Waals surface area contributed by atoms with Crippen molar-refractivity contribution in [1.29, 1.82) is 0 Å². The number of aromatic nitrogens is 3. The van der Waals surface area contributed by atoms with Crippen molar-refractivity contribution in [3.05, 3.63) is 64.8 Å². The molecule has 0 saturated carbocycles. The monoisotopic (exact) mass is 574 g/mol. The average molecular weight is 575 g/mol. The van der Waals surface area contributed by atoms with Crippen LogP contribution in [0.2, 0.25) is 0 Å². The molecule has 41 heavy (non-hydrogen) atoms. The van der Waals surface area contributed by atoms with E-state index in [1.165, 1.54) is 0 Å². The molecule has 4 heterocycles. The molecular weight excluding hydrogens is 544 g/mol. The van der Waals surface area contributed by atoms with Gasteiger partial charge in [-0.25, -0.2) is 9.78 Å². The summed E-state index contributed by atoms with van der Waals surface area (Å²) in [6, 6.07) is 13.0. The second-order valence-electron chi connectivity index (χ2n) is 9.35. The summed E-state index contributed by atoms with van der Waals surface area (Å²) >= 11 is 1.63. The molecule has 12 heteroatoms. The minimum absolute atomic E-state index is 0.133. The fourth-order valence-corrected chi connectivity index (χ4v) is 5.09. The molecule has 212 valence electrons. The Kier molecular flexibility index (Phi) is 8.59. The van der Waals surface area contributed by atoms with E-state index in [2.05, 4.69) is 21.0 Å². The zero-order valence-corrected chi connectivity index (χ0v) is 23.5. The van der Waals surface area contributed by atoms with Gasteiger partial charge in [0.25, 0.3) is 5.91 Å². The summed E-state index contributed by atoms with van der Waals surface area (Å²) in [4.78, 5) is 42.1. The van der Waals surface area contributed by atoms with Gasteiger partial charge < -0.3 is 20.1 Å². The van der Waals surface area contributed by atoms with E-state index in [0.717, 1.165) is 46.1 Å². The van der Waals surface area contributed by atoms with Crippen LogP contribution in [0.25, 0.3) is 22.3 Å². The molecule has 1 saturated heterocycles. The molecule has 1 fully saturated rings. The Bertz CT molecular complexity index is 1610. The number of nitrogens with zero attached hydrogens (tertiary/aromatic N) is 3. The fraction of sp³-hybridized carbons (Fsp3) is 0.276. The van der Waals surface area contributed by atoms with Crippen LogP contribution in [-0.4, -0.2) is 45.7 Å². The van der Waals surface area contributed by atoms with E-state index in [1.807, 2.05) is 49.4 Å². The average Bonchev–Trinajstić information content (AvgIpc) is 3.65. The van der Waals surface area contributed by atoms with E-state index in [9.17, 15) is 14.4 Å². The van der Waals surface area contributed by atoms with Crippen LogP contribution in [0.15, 0.2) is 54.4 Å². The number of thiophene rings is 1. The number of esters is 1. The lowest BCUT2D eigenvalue weighted by Gasteiger charge is -2.12. The minimum Gasteiger partial charge on any atom is -0.494 e. The molecule has 5 rings (SSSR count). The second-order valence-corrected chi connectivity index (χ2v) is 10.6. The maximum atomic E-state index is 12.1. The van der Waals surface area contributed by atoms with Gasteiger partial charge in [0.05, 0.1) is 30.0 Å². The van der Waals surface area contributed by atoms with E-state index in [-0.39, 0.29) is 11.7 Å². The second kappa shape index (κ2) is 12.6. The molecule has 0 radical (unpaired) electrons. The van der Waals surface area contributed by atoms with Crippen LogP contribution in [0.3, 0.4) is 0 Å². The molecular formula is C29H30N6O5S. The number of hydrogen-bond donors (Lipinski definition) is 3. The van der Waals surface area contributed by atoms with Gasteiger partial charge in [-0.15, -0.1) is 11.3 Å². The van der Waals surface area contributed by atoms with Gasteiger partial charge >= 0.3 is 12.0 Å². The zero-order valence-electron chi connectivity index (χ0n) is 22.7. The predicted octanol–water partition coefficient (Wildman–Crippen LogP) is 5.19. The third-order valence-corrected chi connectivity index (χ3v) is 7.26. The number of carbonyl (C=O) groups excluding carboxylic acids is 3.